The van der Waals surface area contributed by atoms with Crippen LogP contribution in [0, 0.1) is 0 Å². The molecule has 0 spiro atoms. The van der Waals surface area contributed by atoms with E-state index in [9.17, 15) is 18.0 Å². The van der Waals surface area contributed by atoms with E-state index in [2.05, 4.69) is 5.10 Å². The number of ether oxygens (including phenoxy) is 1. The van der Waals surface area contributed by atoms with E-state index in [-0.39, 0.29) is 0 Å². The molecular weight excluding hydrogens is 289 g/mol. The van der Waals surface area contributed by atoms with Crippen molar-refractivity contribution in [1.29, 1.82) is 0 Å². The summed E-state index contributed by atoms with van der Waals surface area (Å²) >= 11 is 2.81. The second-order valence-corrected chi connectivity index (χ2v) is 5.03. The van der Waals surface area contributed by atoms with Crippen LogP contribution >= 0.6 is 23.1 Å². The Hall–Kier alpha value is -1.22. The Morgan fingerprint density at radius 1 is 1.61 bits per heavy atom. The van der Waals surface area contributed by atoms with Gasteiger partial charge in [0.25, 0.3) is 0 Å². The van der Waals surface area contributed by atoms with Gasteiger partial charge in [-0.2, -0.15) is 18.3 Å². The van der Waals surface area contributed by atoms with E-state index in [4.69, 9.17) is 4.74 Å². The topological polar surface area (TPSA) is 50.7 Å². The zero-order valence-electron chi connectivity index (χ0n) is 9.37. The zero-order valence-corrected chi connectivity index (χ0v) is 11.0. The van der Waals surface area contributed by atoms with E-state index in [1.807, 2.05) is 6.26 Å². The van der Waals surface area contributed by atoms with Crippen LogP contribution in [0.4, 0.5) is 13.2 Å². The fourth-order valence-electron chi connectivity index (χ4n) is 0.940. The number of methoxy groups -OCH3 is 1. The third-order valence-corrected chi connectivity index (χ3v) is 3.89. The van der Waals surface area contributed by atoms with Crippen molar-refractivity contribution in [3.63, 3.8) is 0 Å². The van der Waals surface area contributed by atoms with Crippen molar-refractivity contribution in [2.75, 3.05) is 13.4 Å². The second kappa shape index (κ2) is 6.10. The first-order valence-corrected chi connectivity index (χ1v) is 6.54. The number of alkyl halides is 3. The van der Waals surface area contributed by atoms with Gasteiger partial charge in [0.1, 0.15) is 0 Å². The maximum Gasteiger partial charge on any atom is 0.473 e. The number of hydrogen-bond donors (Lipinski definition) is 1. The normalized spacial score (nSPS) is 11.8. The Morgan fingerprint density at radius 2 is 2.28 bits per heavy atom. The van der Waals surface area contributed by atoms with Crippen LogP contribution in [0.25, 0.3) is 0 Å². The minimum absolute atomic E-state index is 0.509. The summed E-state index contributed by atoms with van der Waals surface area (Å²) < 4.78 is 41.6. The van der Waals surface area contributed by atoms with Crippen molar-refractivity contribution in [2.45, 2.75) is 10.4 Å². The first-order valence-electron chi connectivity index (χ1n) is 4.50. The molecule has 9 heteroatoms. The van der Waals surface area contributed by atoms with Gasteiger partial charge in [-0.3, -0.25) is 4.79 Å². The Morgan fingerprint density at radius 3 is 2.78 bits per heavy atom. The number of thiophene rings is 1. The molecule has 0 saturated carbocycles. The molecule has 0 aliphatic carbocycles. The maximum absolute atomic E-state index is 11.9. The van der Waals surface area contributed by atoms with Gasteiger partial charge in [0, 0.05) is 5.56 Å². The van der Waals surface area contributed by atoms with Gasteiger partial charge in [-0.05, 0) is 12.3 Å². The molecule has 4 nitrogen and oxygen atoms in total. The van der Waals surface area contributed by atoms with Crippen LogP contribution in [0.15, 0.2) is 15.4 Å². The first-order chi connectivity index (χ1) is 8.38. The lowest BCUT2D eigenvalue weighted by Gasteiger charge is -2.02. The lowest BCUT2D eigenvalue weighted by molar-refractivity contribution is -0.173. The molecule has 0 aromatic carbocycles. The molecule has 18 heavy (non-hydrogen) atoms. The fourth-order valence-corrected chi connectivity index (χ4v) is 2.43. The average molecular weight is 298 g/mol. The summed E-state index contributed by atoms with van der Waals surface area (Å²) in [6.45, 7) is 0. The van der Waals surface area contributed by atoms with Gasteiger partial charge in [-0.25, -0.2) is 5.43 Å². The summed E-state index contributed by atoms with van der Waals surface area (Å²) in [6, 6.07) is 1.71. The molecule has 1 aromatic heterocycles. The zero-order chi connectivity index (χ0) is 13.8. The number of hydrazone groups is 1. The lowest BCUT2D eigenvalue weighted by atomic mass is 10.4. The number of carbonyl (C=O) groups is 1. The summed E-state index contributed by atoms with van der Waals surface area (Å²) in [6.07, 6.45) is -1.98. The van der Waals surface area contributed by atoms with Crippen LogP contribution < -0.4 is 10.2 Å². The summed E-state index contributed by atoms with van der Waals surface area (Å²) in [5, 5.41) is 3.76. The summed E-state index contributed by atoms with van der Waals surface area (Å²) in [5.74, 6) is -2.11. The van der Waals surface area contributed by atoms with Gasteiger partial charge in [0.05, 0.1) is 17.5 Å². The molecule has 1 rings (SSSR count). The molecule has 0 saturated heterocycles. The third-order valence-electron chi connectivity index (χ3n) is 1.72. The molecule has 100 valence electrons. The molecule has 1 heterocycles. The van der Waals surface area contributed by atoms with E-state index in [1.54, 1.807) is 6.07 Å². The van der Waals surface area contributed by atoms with Crippen LogP contribution in [-0.2, 0) is 4.79 Å². The van der Waals surface area contributed by atoms with Crippen LogP contribution in [0.1, 0.15) is 5.56 Å². The second-order valence-electron chi connectivity index (χ2n) is 2.91. The number of amides is 1. The monoisotopic (exact) mass is 298 g/mol. The standard InChI is InChI=1S/C9H9F3N2O2S2/c1-16-7-5(3-6(17-2)18-7)4-13-14-8(15)9(10,11)12/h3-4H,1-2H3,(H,14,15)/b13-4-. The predicted molar refractivity (Wildman–Crippen MR) is 64.4 cm³/mol. The van der Waals surface area contributed by atoms with E-state index in [0.717, 1.165) is 10.4 Å². The number of rotatable bonds is 4. The minimum atomic E-state index is -4.94. The maximum atomic E-state index is 11.9. The first kappa shape index (κ1) is 14.8. The molecule has 1 aromatic rings. The van der Waals surface area contributed by atoms with Gasteiger partial charge in [-0.1, -0.05) is 11.3 Å². The molecule has 0 atom stereocenters. The molecule has 0 fully saturated rings. The third kappa shape index (κ3) is 3.91. The van der Waals surface area contributed by atoms with Crippen LogP contribution in [0.5, 0.6) is 5.06 Å². The van der Waals surface area contributed by atoms with Gasteiger partial charge in [0.15, 0.2) is 5.06 Å². The van der Waals surface area contributed by atoms with Crippen molar-refractivity contribution < 1.29 is 22.7 Å². The number of carbonyl (C=O) groups excluding carboxylic acids is 1. The van der Waals surface area contributed by atoms with Crippen molar-refractivity contribution in [1.82, 2.24) is 5.43 Å². The molecule has 0 bridgehead atoms. The van der Waals surface area contributed by atoms with E-state index in [1.165, 1.54) is 35.6 Å². The highest BCUT2D eigenvalue weighted by Gasteiger charge is 2.38. The van der Waals surface area contributed by atoms with Crippen molar-refractivity contribution in [2.24, 2.45) is 5.10 Å². The van der Waals surface area contributed by atoms with Crippen LogP contribution in [0.3, 0.4) is 0 Å². The fraction of sp³-hybridized carbons (Fsp3) is 0.333. The van der Waals surface area contributed by atoms with Crippen molar-refractivity contribution >= 4 is 35.2 Å². The highest BCUT2D eigenvalue weighted by Crippen LogP contribution is 2.34. The molecule has 0 radical (unpaired) electrons. The minimum Gasteiger partial charge on any atom is -0.487 e. The summed E-state index contributed by atoms with van der Waals surface area (Å²) in [7, 11) is 1.45. The van der Waals surface area contributed by atoms with Gasteiger partial charge in [0.2, 0.25) is 0 Å². The van der Waals surface area contributed by atoms with Gasteiger partial charge in [-0.15, -0.1) is 11.8 Å². The number of halogens is 3. The van der Waals surface area contributed by atoms with E-state index in [0.29, 0.717) is 10.6 Å². The summed E-state index contributed by atoms with van der Waals surface area (Å²) in [4.78, 5) is 10.5. The number of nitrogens with zero attached hydrogens (tertiary/aromatic N) is 1. The number of nitrogens with one attached hydrogen (secondary N) is 1. The lowest BCUT2D eigenvalue weighted by Crippen LogP contribution is -2.33. The van der Waals surface area contributed by atoms with Gasteiger partial charge >= 0.3 is 12.1 Å². The molecular formula is C9H9F3N2O2S2. The molecule has 1 N–H and O–H groups in total. The summed E-state index contributed by atoms with van der Waals surface area (Å²) in [5.41, 5.74) is 1.91. The SMILES string of the molecule is COc1sc(SC)cc1/C=N\NC(=O)C(F)(F)F. The average Bonchev–Trinajstić information content (AvgIpc) is 2.70. The Kier molecular flexibility index (Phi) is 5.03. The van der Waals surface area contributed by atoms with Gasteiger partial charge < -0.3 is 4.74 Å². The highest BCUT2D eigenvalue weighted by atomic mass is 32.2. The number of hydrogen-bond acceptors (Lipinski definition) is 5. The van der Waals surface area contributed by atoms with E-state index >= 15 is 0 Å². The highest BCUT2D eigenvalue weighted by molar-refractivity contribution is 8.00. The van der Waals surface area contributed by atoms with Crippen molar-refractivity contribution in [3.05, 3.63) is 11.6 Å². The molecule has 0 aliphatic heterocycles. The van der Waals surface area contributed by atoms with Crippen LogP contribution in [-0.4, -0.2) is 31.7 Å². The molecule has 0 unspecified atom stereocenters. The van der Waals surface area contributed by atoms with E-state index < -0.39 is 12.1 Å². The number of thioether (sulfide) groups is 1. The predicted octanol–water partition coefficient (Wildman–Crippen LogP) is 2.49. The largest absolute Gasteiger partial charge is 0.487 e. The quantitative estimate of drug-likeness (QED) is 0.528. The smallest absolute Gasteiger partial charge is 0.473 e. The molecule has 1 amide bonds. The Labute approximate surface area is 109 Å². The Bertz CT molecular complexity index is 457. The Balaban J connectivity index is 2.72. The molecule has 0 aliphatic rings. The van der Waals surface area contributed by atoms with Crippen molar-refractivity contribution in [3.8, 4) is 5.06 Å². The van der Waals surface area contributed by atoms with Crippen LogP contribution in [0.2, 0.25) is 0 Å².